The molecule has 2 aromatic rings. The van der Waals surface area contributed by atoms with Crippen molar-refractivity contribution < 1.29 is 18.3 Å². The second kappa shape index (κ2) is 10.2. The van der Waals surface area contributed by atoms with E-state index in [-0.39, 0.29) is 10.8 Å². The summed E-state index contributed by atoms with van der Waals surface area (Å²) in [6.07, 6.45) is 4.35. The van der Waals surface area contributed by atoms with E-state index in [2.05, 4.69) is 28.1 Å². The summed E-state index contributed by atoms with van der Waals surface area (Å²) in [5, 5.41) is 11.3. The maximum Gasteiger partial charge on any atom is 0.346 e. The van der Waals surface area contributed by atoms with Crippen LogP contribution < -0.4 is 5.73 Å². The molecule has 0 saturated heterocycles. The number of carbonyl (C=O) groups is 1. The summed E-state index contributed by atoms with van der Waals surface area (Å²) in [7, 11) is -3.60. The SMILES string of the molecule is CC(CCCc1cccc(Br)c1)C(CCCN)(c1ccsc1C(=O)O)S(C)(=O)=O. The second-order valence-electron chi connectivity index (χ2n) is 7.45. The molecule has 0 fully saturated rings. The standard InChI is InChI=1S/C21H28BrNO4S2/c1-15(6-3-7-16-8-4-9-17(22)14-16)21(11-5-12-23,29(2,26)27)18-10-13-28-19(18)20(24)25/h4,8-10,13-15H,3,5-7,11-12,23H2,1-2H3,(H,24,25). The van der Waals surface area contributed by atoms with E-state index in [0.717, 1.165) is 28.7 Å². The van der Waals surface area contributed by atoms with Crippen LogP contribution in [0.1, 0.15) is 53.4 Å². The molecule has 0 amide bonds. The molecule has 2 atom stereocenters. The maximum atomic E-state index is 13.1. The normalized spacial score (nSPS) is 15.0. The molecule has 0 aliphatic heterocycles. The van der Waals surface area contributed by atoms with Crippen LogP contribution in [0.4, 0.5) is 0 Å². The van der Waals surface area contributed by atoms with Crippen LogP contribution in [0.5, 0.6) is 0 Å². The van der Waals surface area contributed by atoms with Crippen LogP contribution in [0, 0.1) is 5.92 Å². The van der Waals surface area contributed by atoms with E-state index in [4.69, 9.17) is 5.73 Å². The Morgan fingerprint density at radius 1 is 1.31 bits per heavy atom. The summed E-state index contributed by atoms with van der Waals surface area (Å²) in [5.41, 5.74) is 7.29. The third kappa shape index (κ3) is 5.48. The average Bonchev–Trinajstić information content (AvgIpc) is 3.11. The molecule has 160 valence electrons. The van der Waals surface area contributed by atoms with Crippen molar-refractivity contribution in [1.29, 1.82) is 0 Å². The van der Waals surface area contributed by atoms with Crippen LogP contribution in [0.25, 0.3) is 0 Å². The summed E-state index contributed by atoms with van der Waals surface area (Å²) in [6.45, 7) is 2.27. The summed E-state index contributed by atoms with van der Waals surface area (Å²) >= 11 is 4.54. The van der Waals surface area contributed by atoms with Gasteiger partial charge in [0.15, 0.2) is 9.84 Å². The largest absolute Gasteiger partial charge is 0.477 e. The molecule has 1 aromatic heterocycles. The smallest absolute Gasteiger partial charge is 0.346 e. The van der Waals surface area contributed by atoms with Crippen molar-refractivity contribution in [3.05, 3.63) is 56.2 Å². The molecule has 8 heteroatoms. The number of carboxylic acid groups (broad SMARTS) is 1. The Balaban J connectivity index is 2.37. The van der Waals surface area contributed by atoms with Crippen molar-refractivity contribution in [2.45, 2.75) is 43.8 Å². The first-order valence-corrected chi connectivity index (χ1v) is 13.1. The number of benzene rings is 1. The van der Waals surface area contributed by atoms with E-state index >= 15 is 0 Å². The molecule has 3 N–H and O–H groups in total. The average molecular weight is 502 g/mol. The molecular formula is C21H28BrNO4S2. The molecule has 0 spiro atoms. The third-order valence-corrected chi connectivity index (χ3v) is 9.06. The van der Waals surface area contributed by atoms with Crippen molar-refractivity contribution >= 4 is 43.1 Å². The molecule has 1 aromatic carbocycles. The molecule has 2 unspecified atom stereocenters. The van der Waals surface area contributed by atoms with Crippen LogP contribution in [0.15, 0.2) is 40.2 Å². The predicted molar refractivity (Wildman–Crippen MR) is 122 cm³/mol. The van der Waals surface area contributed by atoms with Gasteiger partial charge in [-0.15, -0.1) is 11.3 Å². The summed E-state index contributed by atoms with van der Waals surface area (Å²) < 4.78 is 26.0. The van der Waals surface area contributed by atoms with Crippen molar-refractivity contribution in [3.63, 3.8) is 0 Å². The highest BCUT2D eigenvalue weighted by Crippen LogP contribution is 2.46. The van der Waals surface area contributed by atoms with E-state index in [0.29, 0.717) is 31.4 Å². The lowest BCUT2D eigenvalue weighted by Gasteiger charge is -2.38. The summed E-state index contributed by atoms with van der Waals surface area (Å²) in [6, 6.07) is 9.73. The number of halogens is 1. The molecule has 0 aliphatic carbocycles. The lowest BCUT2D eigenvalue weighted by molar-refractivity contribution is 0.0699. The quantitative estimate of drug-likeness (QED) is 0.458. The van der Waals surface area contributed by atoms with E-state index < -0.39 is 20.6 Å². The van der Waals surface area contributed by atoms with Crippen LogP contribution in [-0.4, -0.2) is 32.3 Å². The highest BCUT2D eigenvalue weighted by atomic mass is 79.9. The predicted octanol–water partition coefficient (Wildman–Crippen LogP) is 4.85. The fourth-order valence-electron chi connectivity index (χ4n) is 4.11. The van der Waals surface area contributed by atoms with Crippen LogP contribution in [0.2, 0.25) is 0 Å². The van der Waals surface area contributed by atoms with Gasteiger partial charge in [-0.3, -0.25) is 0 Å². The molecule has 0 aliphatic rings. The highest BCUT2D eigenvalue weighted by molar-refractivity contribution is 9.10. The number of rotatable bonds is 11. The van der Waals surface area contributed by atoms with Gasteiger partial charge in [0.2, 0.25) is 0 Å². The zero-order chi connectivity index (χ0) is 21.7. The van der Waals surface area contributed by atoms with Crippen molar-refractivity contribution in [3.8, 4) is 0 Å². The number of aromatic carboxylic acids is 1. The summed E-state index contributed by atoms with van der Waals surface area (Å²) in [4.78, 5) is 11.9. The minimum Gasteiger partial charge on any atom is -0.477 e. The van der Waals surface area contributed by atoms with Crippen LogP contribution in [0.3, 0.4) is 0 Å². The van der Waals surface area contributed by atoms with Crippen molar-refractivity contribution in [2.24, 2.45) is 11.7 Å². The summed E-state index contributed by atoms with van der Waals surface area (Å²) in [5.74, 6) is -1.33. The highest BCUT2D eigenvalue weighted by Gasteiger charge is 2.48. The minimum atomic E-state index is -3.60. The molecule has 0 saturated carbocycles. The van der Waals surface area contributed by atoms with E-state index in [1.807, 2.05) is 19.1 Å². The molecular weight excluding hydrogens is 474 g/mol. The molecule has 2 rings (SSSR count). The Bertz CT molecular complexity index is 942. The van der Waals surface area contributed by atoms with Gasteiger partial charge >= 0.3 is 5.97 Å². The topological polar surface area (TPSA) is 97.5 Å². The van der Waals surface area contributed by atoms with Gasteiger partial charge in [-0.05, 0) is 79.3 Å². The monoisotopic (exact) mass is 501 g/mol. The zero-order valence-corrected chi connectivity index (χ0v) is 19.9. The molecule has 0 radical (unpaired) electrons. The van der Waals surface area contributed by atoms with Gasteiger partial charge in [0, 0.05) is 10.7 Å². The van der Waals surface area contributed by atoms with Crippen LogP contribution in [-0.2, 0) is 21.0 Å². The van der Waals surface area contributed by atoms with E-state index in [1.54, 1.807) is 11.4 Å². The Kier molecular flexibility index (Phi) is 8.46. The second-order valence-corrected chi connectivity index (χ2v) is 11.6. The van der Waals surface area contributed by atoms with Crippen molar-refractivity contribution in [1.82, 2.24) is 0 Å². The number of nitrogens with two attached hydrogens (primary N) is 1. The van der Waals surface area contributed by atoms with Gasteiger partial charge in [-0.1, -0.05) is 35.0 Å². The number of aryl methyl sites for hydroxylation is 1. The van der Waals surface area contributed by atoms with Gasteiger partial charge in [0.1, 0.15) is 9.62 Å². The van der Waals surface area contributed by atoms with E-state index in [1.165, 1.54) is 11.8 Å². The first-order valence-electron chi connectivity index (χ1n) is 9.59. The lowest BCUT2D eigenvalue weighted by atomic mass is 9.79. The fraction of sp³-hybridized carbons (Fsp3) is 0.476. The number of hydrogen-bond acceptors (Lipinski definition) is 5. The number of thiophene rings is 1. The van der Waals surface area contributed by atoms with Crippen molar-refractivity contribution in [2.75, 3.05) is 12.8 Å². The van der Waals surface area contributed by atoms with E-state index in [9.17, 15) is 18.3 Å². The van der Waals surface area contributed by atoms with Gasteiger partial charge in [0.05, 0.1) is 0 Å². The zero-order valence-electron chi connectivity index (χ0n) is 16.7. The van der Waals surface area contributed by atoms with Gasteiger partial charge < -0.3 is 10.8 Å². The first-order chi connectivity index (χ1) is 13.6. The Morgan fingerprint density at radius 3 is 2.62 bits per heavy atom. The third-order valence-electron chi connectivity index (χ3n) is 5.52. The van der Waals surface area contributed by atoms with Gasteiger partial charge in [-0.2, -0.15) is 0 Å². The van der Waals surface area contributed by atoms with Gasteiger partial charge in [-0.25, -0.2) is 13.2 Å². The lowest BCUT2D eigenvalue weighted by Crippen LogP contribution is -2.42. The Labute approximate surface area is 185 Å². The minimum absolute atomic E-state index is 0.103. The molecule has 5 nitrogen and oxygen atoms in total. The van der Waals surface area contributed by atoms with Gasteiger partial charge in [0.25, 0.3) is 0 Å². The first kappa shape index (κ1) is 24.1. The fourth-order valence-corrected chi connectivity index (χ4v) is 7.37. The molecule has 1 heterocycles. The Morgan fingerprint density at radius 2 is 2.03 bits per heavy atom. The number of sulfone groups is 1. The Hall–Kier alpha value is -1.22. The maximum absolute atomic E-state index is 13.1. The number of carboxylic acids is 1. The number of hydrogen-bond donors (Lipinski definition) is 2. The molecule has 0 bridgehead atoms. The molecule has 29 heavy (non-hydrogen) atoms. The van der Waals surface area contributed by atoms with Crippen LogP contribution >= 0.6 is 27.3 Å².